The van der Waals surface area contributed by atoms with Gasteiger partial charge in [-0.3, -0.25) is 4.79 Å². The number of amides is 1. The average Bonchev–Trinajstić information content (AvgIpc) is 3.01. The van der Waals surface area contributed by atoms with Gasteiger partial charge in [-0.1, -0.05) is 12.1 Å². The summed E-state index contributed by atoms with van der Waals surface area (Å²) >= 11 is 0. The maximum absolute atomic E-state index is 12.4. The van der Waals surface area contributed by atoms with Crippen LogP contribution in [0, 0.1) is 11.3 Å². The number of nitrogens with zero attached hydrogens (tertiary/aromatic N) is 2. The maximum Gasteiger partial charge on any atom is 0.227 e. The predicted molar refractivity (Wildman–Crippen MR) is 82.3 cm³/mol. The lowest BCUT2D eigenvalue weighted by Gasteiger charge is -2.24. The Balaban J connectivity index is 1.89. The second-order valence-corrected chi connectivity index (χ2v) is 5.52. The minimum atomic E-state index is 0.0264. The average molecular weight is 302 g/mol. The lowest BCUT2D eigenvalue weighted by molar-refractivity contribution is -0.131. The van der Waals surface area contributed by atoms with Crippen LogP contribution < -0.4 is 4.74 Å². The Morgan fingerprint density at radius 1 is 1.41 bits per heavy atom. The third-order valence-corrected chi connectivity index (χ3v) is 3.98. The molecular formula is C17H22N2O3. The monoisotopic (exact) mass is 302 g/mol. The quantitative estimate of drug-likeness (QED) is 0.835. The first-order chi connectivity index (χ1) is 10.7. The van der Waals surface area contributed by atoms with E-state index in [4.69, 9.17) is 15.1 Å². The van der Waals surface area contributed by atoms with E-state index < -0.39 is 0 Å². The minimum Gasteiger partial charge on any atom is -0.479 e. The van der Waals surface area contributed by atoms with E-state index in [2.05, 4.69) is 0 Å². The number of carbonyl (C=O) groups excluding carboxylic acids is 1. The van der Waals surface area contributed by atoms with Crippen LogP contribution in [0.25, 0.3) is 0 Å². The van der Waals surface area contributed by atoms with Gasteiger partial charge in [0.25, 0.3) is 0 Å². The van der Waals surface area contributed by atoms with Crippen molar-refractivity contribution >= 4 is 5.91 Å². The van der Waals surface area contributed by atoms with Crippen LogP contribution in [0.2, 0.25) is 0 Å². The van der Waals surface area contributed by atoms with Crippen molar-refractivity contribution < 1.29 is 14.6 Å². The lowest BCUT2D eigenvalue weighted by Crippen LogP contribution is -2.36. The Morgan fingerprint density at radius 2 is 2.18 bits per heavy atom. The van der Waals surface area contributed by atoms with Crippen molar-refractivity contribution in [2.24, 2.45) is 0 Å². The normalized spacial score (nSPS) is 17.3. The van der Waals surface area contributed by atoms with Crippen LogP contribution in [0.5, 0.6) is 5.75 Å². The number of benzene rings is 1. The summed E-state index contributed by atoms with van der Waals surface area (Å²) in [5, 5.41) is 17.4. The van der Waals surface area contributed by atoms with Crippen LogP contribution in [0.1, 0.15) is 31.2 Å². The lowest BCUT2D eigenvalue weighted by atomic mass is 10.1. The zero-order valence-corrected chi connectivity index (χ0v) is 12.7. The van der Waals surface area contributed by atoms with Crippen molar-refractivity contribution in [3.8, 4) is 11.8 Å². The fraction of sp³-hybridized carbons (Fsp3) is 0.529. The van der Waals surface area contributed by atoms with Gasteiger partial charge in [0, 0.05) is 19.2 Å². The van der Waals surface area contributed by atoms with Gasteiger partial charge in [0.15, 0.2) is 6.61 Å². The second kappa shape index (κ2) is 8.40. The summed E-state index contributed by atoms with van der Waals surface area (Å²) in [7, 11) is 0. The molecule has 118 valence electrons. The largest absolute Gasteiger partial charge is 0.479 e. The Bertz CT molecular complexity index is 522. The van der Waals surface area contributed by atoms with Crippen LogP contribution >= 0.6 is 0 Å². The third kappa shape index (κ3) is 4.47. The molecule has 5 heteroatoms. The van der Waals surface area contributed by atoms with Crippen molar-refractivity contribution in [2.75, 3.05) is 19.8 Å². The van der Waals surface area contributed by atoms with Crippen LogP contribution in [-0.4, -0.2) is 41.7 Å². The van der Waals surface area contributed by atoms with Gasteiger partial charge in [-0.15, -0.1) is 0 Å². The second-order valence-electron chi connectivity index (χ2n) is 5.52. The van der Waals surface area contributed by atoms with E-state index >= 15 is 0 Å². The number of ether oxygens (including phenoxy) is 1. The summed E-state index contributed by atoms with van der Waals surface area (Å²) in [5.41, 5.74) is 0.946. The van der Waals surface area contributed by atoms with Crippen molar-refractivity contribution in [1.29, 1.82) is 5.26 Å². The summed E-state index contributed by atoms with van der Waals surface area (Å²) in [4.78, 5) is 14.4. The van der Waals surface area contributed by atoms with Gasteiger partial charge in [-0.2, -0.15) is 5.26 Å². The summed E-state index contributed by atoms with van der Waals surface area (Å²) in [5.74, 6) is 0.783. The number of hydrogen-bond acceptors (Lipinski definition) is 4. The fourth-order valence-electron chi connectivity index (χ4n) is 2.89. The van der Waals surface area contributed by atoms with Crippen molar-refractivity contribution in [1.82, 2.24) is 4.90 Å². The Hall–Kier alpha value is -2.06. The molecule has 2 rings (SSSR count). The van der Waals surface area contributed by atoms with E-state index in [1.165, 1.54) is 0 Å². The van der Waals surface area contributed by atoms with Crippen molar-refractivity contribution in [3.63, 3.8) is 0 Å². The molecule has 1 amide bonds. The van der Waals surface area contributed by atoms with Crippen LogP contribution in [-0.2, 0) is 11.2 Å². The molecule has 0 bridgehead atoms. The molecule has 1 saturated heterocycles. The van der Waals surface area contributed by atoms with Crippen LogP contribution in [0.4, 0.5) is 0 Å². The highest BCUT2D eigenvalue weighted by Gasteiger charge is 2.27. The molecular weight excluding hydrogens is 280 g/mol. The number of nitriles is 1. The first-order valence-electron chi connectivity index (χ1n) is 7.73. The highest BCUT2D eigenvalue weighted by molar-refractivity contribution is 5.79. The van der Waals surface area contributed by atoms with Gasteiger partial charge in [0.2, 0.25) is 5.91 Å². The molecule has 1 aliphatic heterocycles. The first-order valence-corrected chi connectivity index (χ1v) is 7.73. The Kier molecular flexibility index (Phi) is 6.23. The Morgan fingerprint density at radius 3 is 2.86 bits per heavy atom. The third-order valence-electron chi connectivity index (χ3n) is 3.98. The molecule has 1 fully saturated rings. The number of likely N-dealkylation sites (tertiary alicyclic amines) is 1. The van der Waals surface area contributed by atoms with E-state index in [1.807, 2.05) is 23.1 Å². The first kappa shape index (κ1) is 16.3. The molecule has 22 heavy (non-hydrogen) atoms. The number of carbonyl (C=O) groups is 1. The molecule has 1 heterocycles. The molecule has 1 aliphatic rings. The highest BCUT2D eigenvalue weighted by Crippen LogP contribution is 2.22. The number of rotatable bonds is 7. The molecule has 0 aromatic heterocycles. The summed E-state index contributed by atoms with van der Waals surface area (Å²) in [6.45, 7) is 1.03. The molecule has 0 radical (unpaired) electrons. The molecule has 1 atom stereocenters. The predicted octanol–water partition coefficient (Wildman–Crippen LogP) is 1.89. The van der Waals surface area contributed by atoms with E-state index in [-0.39, 0.29) is 25.2 Å². The molecule has 1 aromatic carbocycles. The van der Waals surface area contributed by atoms with Gasteiger partial charge >= 0.3 is 0 Å². The SMILES string of the molecule is N#CCOc1ccc(CC(=O)N2CCCC2CCCO)cc1. The zero-order chi connectivity index (χ0) is 15.8. The van der Waals surface area contributed by atoms with E-state index in [0.717, 1.165) is 37.8 Å². The van der Waals surface area contributed by atoms with Gasteiger partial charge in [-0.25, -0.2) is 0 Å². The van der Waals surface area contributed by atoms with Gasteiger partial charge < -0.3 is 14.7 Å². The van der Waals surface area contributed by atoms with Gasteiger partial charge in [0.05, 0.1) is 6.42 Å². The molecule has 0 spiro atoms. The molecule has 5 nitrogen and oxygen atoms in total. The van der Waals surface area contributed by atoms with E-state index in [9.17, 15) is 4.79 Å². The maximum atomic E-state index is 12.4. The topological polar surface area (TPSA) is 73.6 Å². The minimum absolute atomic E-state index is 0.0264. The van der Waals surface area contributed by atoms with E-state index in [0.29, 0.717) is 12.2 Å². The zero-order valence-electron chi connectivity index (χ0n) is 12.7. The fourth-order valence-corrected chi connectivity index (χ4v) is 2.89. The molecule has 0 saturated carbocycles. The van der Waals surface area contributed by atoms with Crippen molar-refractivity contribution in [3.05, 3.63) is 29.8 Å². The van der Waals surface area contributed by atoms with Gasteiger partial charge in [-0.05, 0) is 43.4 Å². The van der Waals surface area contributed by atoms with E-state index in [1.54, 1.807) is 12.1 Å². The van der Waals surface area contributed by atoms with Crippen LogP contribution in [0.3, 0.4) is 0 Å². The highest BCUT2D eigenvalue weighted by atomic mass is 16.5. The standard InChI is InChI=1S/C17H22N2O3/c18-9-12-22-16-7-5-14(6-8-16)13-17(21)19-10-1-3-15(19)4-2-11-20/h5-8,15,20H,1-4,10-13H2. The smallest absolute Gasteiger partial charge is 0.227 e. The summed E-state index contributed by atoms with van der Waals surface area (Å²) in [6.07, 6.45) is 4.09. The van der Waals surface area contributed by atoms with Gasteiger partial charge in [0.1, 0.15) is 11.8 Å². The molecule has 1 N–H and O–H groups in total. The number of aliphatic hydroxyl groups excluding tert-OH is 1. The Labute approximate surface area is 131 Å². The molecule has 1 aromatic rings. The number of aliphatic hydroxyl groups is 1. The molecule has 1 unspecified atom stereocenters. The van der Waals surface area contributed by atoms with Crippen LogP contribution in [0.15, 0.2) is 24.3 Å². The number of hydrogen-bond donors (Lipinski definition) is 1. The summed E-state index contributed by atoms with van der Waals surface area (Å²) in [6, 6.07) is 9.50. The summed E-state index contributed by atoms with van der Waals surface area (Å²) < 4.78 is 5.20. The molecule has 0 aliphatic carbocycles. The van der Waals surface area contributed by atoms with Crippen molar-refractivity contribution in [2.45, 2.75) is 38.1 Å².